The first-order valence-electron chi connectivity index (χ1n) is 10.1. The average molecular weight is 484 g/mol. The number of primary sulfonamides is 1. The van der Waals surface area contributed by atoms with Crippen molar-refractivity contribution in [1.29, 1.82) is 0 Å². The highest BCUT2D eigenvalue weighted by Crippen LogP contribution is 2.33. The molecule has 0 saturated carbocycles. The third-order valence-electron chi connectivity index (χ3n) is 5.55. The Morgan fingerprint density at radius 2 is 1.73 bits per heavy atom. The van der Waals surface area contributed by atoms with Crippen LogP contribution in [0, 0.1) is 0 Å². The Morgan fingerprint density at radius 3 is 2.30 bits per heavy atom. The quantitative estimate of drug-likeness (QED) is 0.541. The molecule has 2 heterocycles. The van der Waals surface area contributed by atoms with E-state index in [1.54, 1.807) is 17.5 Å². The van der Waals surface area contributed by atoms with Gasteiger partial charge in [-0.15, -0.1) is 11.3 Å². The largest absolute Gasteiger partial charge is 0.319 e. The Kier molecular flexibility index (Phi) is 6.15. The number of hydrogen-bond donors (Lipinski definition) is 1. The fourth-order valence-electron chi connectivity index (χ4n) is 3.90. The minimum atomic E-state index is -3.91. The van der Waals surface area contributed by atoms with E-state index in [-0.39, 0.29) is 22.9 Å². The molecular weight excluding hydrogens is 462 g/mol. The lowest BCUT2D eigenvalue weighted by atomic mass is 10.0. The number of nitrogens with two attached hydrogens (primary N) is 1. The second kappa shape index (κ2) is 8.89. The number of imide groups is 1. The van der Waals surface area contributed by atoms with Gasteiger partial charge in [0.1, 0.15) is 6.04 Å². The molecule has 1 aliphatic rings. The maximum atomic E-state index is 13.4. The molecule has 2 aromatic carbocycles. The summed E-state index contributed by atoms with van der Waals surface area (Å²) in [5, 5.41) is 6.90. The Hall–Kier alpha value is -3.34. The third-order valence-corrected chi connectivity index (χ3v) is 7.33. The number of rotatable bonds is 6. The van der Waals surface area contributed by atoms with Gasteiger partial charge in [0, 0.05) is 0 Å². The Labute approximate surface area is 195 Å². The fraction of sp³-hybridized carbons (Fsp3) is 0.174. The summed E-state index contributed by atoms with van der Waals surface area (Å²) >= 11 is 1.26. The first-order chi connectivity index (χ1) is 15.7. The van der Waals surface area contributed by atoms with Crippen molar-refractivity contribution in [2.75, 3.05) is 4.90 Å². The average Bonchev–Trinajstić information content (AvgIpc) is 3.42. The maximum absolute atomic E-state index is 13.4. The van der Waals surface area contributed by atoms with Crippen molar-refractivity contribution in [2.45, 2.75) is 30.3 Å². The highest BCUT2D eigenvalue weighted by Gasteiger charge is 2.46. The van der Waals surface area contributed by atoms with Crippen LogP contribution in [0.3, 0.4) is 0 Å². The fourth-order valence-corrected chi connectivity index (χ4v) is 5.08. The zero-order valence-corrected chi connectivity index (χ0v) is 19.3. The summed E-state index contributed by atoms with van der Waals surface area (Å²) in [6, 6.07) is 16.4. The topological polar surface area (TPSA) is 118 Å². The van der Waals surface area contributed by atoms with Crippen molar-refractivity contribution in [3.63, 3.8) is 0 Å². The van der Waals surface area contributed by atoms with Crippen LogP contribution in [0.1, 0.15) is 34.6 Å². The van der Waals surface area contributed by atoms with E-state index in [2.05, 4.69) is 0 Å². The van der Waals surface area contributed by atoms with Crippen molar-refractivity contribution in [1.82, 2.24) is 4.90 Å². The Morgan fingerprint density at radius 1 is 1.06 bits per heavy atom. The summed E-state index contributed by atoms with van der Waals surface area (Å²) in [7, 11) is -3.91. The SMILES string of the molecule is CC(c1ccccc1)N(C(=O)c1cccs1)C1CC(=O)N(c2ccc(S(N)(=O)=O)cc2)C1=O. The molecule has 4 rings (SSSR count). The van der Waals surface area contributed by atoms with Crippen molar-refractivity contribution < 1.29 is 22.8 Å². The summed E-state index contributed by atoms with van der Waals surface area (Å²) in [6.07, 6.45) is -0.177. The van der Waals surface area contributed by atoms with Gasteiger partial charge in [-0.1, -0.05) is 36.4 Å². The molecule has 3 aromatic rings. The van der Waals surface area contributed by atoms with Gasteiger partial charge >= 0.3 is 0 Å². The number of amides is 3. The molecule has 1 aliphatic heterocycles. The molecule has 0 spiro atoms. The van der Waals surface area contributed by atoms with E-state index in [0.29, 0.717) is 4.88 Å². The molecule has 1 fully saturated rings. The standard InChI is InChI=1S/C23H21N3O5S2/c1-15(16-6-3-2-4-7-16)25(23(29)20-8-5-13-32-20)19-14-21(27)26(22(19)28)17-9-11-18(12-10-17)33(24,30)31/h2-13,15,19H,14H2,1H3,(H2,24,30,31). The highest BCUT2D eigenvalue weighted by molar-refractivity contribution is 7.89. The van der Waals surface area contributed by atoms with E-state index in [1.807, 2.05) is 37.3 Å². The summed E-state index contributed by atoms with van der Waals surface area (Å²) in [5.74, 6) is -1.35. The van der Waals surface area contributed by atoms with Gasteiger partial charge in [-0.3, -0.25) is 14.4 Å². The van der Waals surface area contributed by atoms with Gasteiger partial charge in [0.25, 0.3) is 11.8 Å². The van der Waals surface area contributed by atoms with Crippen LogP contribution in [-0.4, -0.2) is 37.1 Å². The van der Waals surface area contributed by atoms with E-state index in [9.17, 15) is 22.8 Å². The van der Waals surface area contributed by atoms with Gasteiger partial charge in [-0.2, -0.15) is 0 Å². The second-order valence-corrected chi connectivity index (χ2v) is 10.1. The summed E-state index contributed by atoms with van der Waals surface area (Å²) in [5.41, 5.74) is 1.05. The molecule has 0 bridgehead atoms. The first kappa shape index (κ1) is 22.8. The van der Waals surface area contributed by atoms with Gasteiger partial charge in [-0.05, 0) is 48.2 Å². The van der Waals surface area contributed by atoms with E-state index < -0.39 is 33.9 Å². The van der Waals surface area contributed by atoms with Crippen molar-refractivity contribution in [3.05, 3.63) is 82.6 Å². The monoisotopic (exact) mass is 483 g/mol. The van der Waals surface area contributed by atoms with Crippen LogP contribution < -0.4 is 10.0 Å². The zero-order valence-electron chi connectivity index (χ0n) is 17.6. The molecule has 2 N–H and O–H groups in total. The normalized spacial score (nSPS) is 17.3. The van der Waals surface area contributed by atoms with Gasteiger partial charge in [-0.25, -0.2) is 18.5 Å². The van der Waals surface area contributed by atoms with E-state index >= 15 is 0 Å². The zero-order chi connectivity index (χ0) is 23.8. The van der Waals surface area contributed by atoms with Gasteiger partial charge in [0.15, 0.2) is 0 Å². The molecule has 1 aromatic heterocycles. The second-order valence-electron chi connectivity index (χ2n) is 7.60. The predicted molar refractivity (Wildman–Crippen MR) is 124 cm³/mol. The summed E-state index contributed by atoms with van der Waals surface area (Å²) in [6.45, 7) is 1.82. The molecule has 2 unspecified atom stereocenters. The molecule has 3 amide bonds. The molecular formula is C23H21N3O5S2. The maximum Gasteiger partial charge on any atom is 0.265 e. The molecule has 8 nitrogen and oxygen atoms in total. The number of benzene rings is 2. The Bertz CT molecular complexity index is 1290. The van der Waals surface area contributed by atoms with Crippen LogP contribution in [0.2, 0.25) is 0 Å². The molecule has 1 saturated heterocycles. The van der Waals surface area contributed by atoms with Gasteiger partial charge < -0.3 is 4.90 Å². The highest BCUT2D eigenvalue weighted by atomic mass is 32.2. The van der Waals surface area contributed by atoms with Crippen LogP contribution in [0.4, 0.5) is 5.69 Å². The number of sulfonamides is 1. The minimum absolute atomic E-state index is 0.130. The smallest absolute Gasteiger partial charge is 0.265 e. The summed E-state index contributed by atoms with van der Waals surface area (Å²) in [4.78, 5) is 42.5. The molecule has 0 radical (unpaired) electrons. The van der Waals surface area contributed by atoms with Gasteiger partial charge in [0.05, 0.1) is 27.9 Å². The number of thiophene rings is 1. The van der Waals surface area contributed by atoms with Crippen molar-refractivity contribution in [2.24, 2.45) is 5.14 Å². The molecule has 170 valence electrons. The molecule has 10 heteroatoms. The van der Waals surface area contributed by atoms with Gasteiger partial charge in [0.2, 0.25) is 15.9 Å². The van der Waals surface area contributed by atoms with E-state index in [1.165, 1.54) is 40.5 Å². The first-order valence-corrected chi connectivity index (χ1v) is 12.5. The molecule has 2 atom stereocenters. The van der Waals surface area contributed by atoms with E-state index in [4.69, 9.17) is 5.14 Å². The van der Waals surface area contributed by atoms with E-state index in [0.717, 1.165) is 10.5 Å². The lowest BCUT2D eigenvalue weighted by Crippen LogP contribution is -2.46. The lowest BCUT2D eigenvalue weighted by Gasteiger charge is -2.33. The molecule has 33 heavy (non-hydrogen) atoms. The predicted octanol–water partition coefficient (Wildman–Crippen LogP) is 2.93. The van der Waals surface area contributed by atoms with Crippen molar-refractivity contribution in [3.8, 4) is 0 Å². The van der Waals surface area contributed by atoms with Crippen molar-refractivity contribution >= 4 is 44.8 Å². The number of anilines is 1. The van der Waals surface area contributed by atoms with Crippen LogP contribution in [-0.2, 0) is 19.6 Å². The molecule has 0 aliphatic carbocycles. The summed E-state index contributed by atoms with van der Waals surface area (Å²) < 4.78 is 23.0. The number of carbonyl (C=O) groups is 3. The third kappa shape index (κ3) is 4.45. The number of carbonyl (C=O) groups excluding carboxylic acids is 3. The van der Waals surface area contributed by atoms with Crippen LogP contribution in [0.25, 0.3) is 0 Å². The minimum Gasteiger partial charge on any atom is -0.319 e. The van der Waals surface area contributed by atoms with Crippen LogP contribution >= 0.6 is 11.3 Å². The Balaban J connectivity index is 1.70. The van der Waals surface area contributed by atoms with Crippen LogP contribution in [0.5, 0.6) is 0 Å². The van der Waals surface area contributed by atoms with Crippen LogP contribution in [0.15, 0.2) is 77.0 Å². The number of hydrogen-bond acceptors (Lipinski definition) is 6. The number of nitrogens with zero attached hydrogens (tertiary/aromatic N) is 2. The lowest BCUT2D eigenvalue weighted by molar-refractivity contribution is -0.122.